The fourth-order valence-electron chi connectivity index (χ4n) is 3.09. The van der Waals surface area contributed by atoms with Gasteiger partial charge in [-0.05, 0) is 30.7 Å². The van der Waals surface area contributed by atoms with Gasteiger partial charge in [0.15, 0.2) is 11.5 Å². The molecule has 0 saturated heterocycles. The maximum absolute atomic E-state index is 6.07. The van der Waals surface area contributed by atoms with Crippen LogP contribution in [0, 0.1) is 0 Å². The van der Waals surface area contributed by atoms with Gasteiger partial charge in [0.25, 0.3) is 0 Å². The first-order valence-electron chi connectivity index (χ1n) is 8.34. The van der Waals surface area contributed by atoms with Crippen LogP contribution in [-0.2, 0) is 12.8 Å². The molecule has 4 heteroatoms. The Hall–Kier alpha value is -2.20. The van der Waals surface area contributed by atoms with Crippen molar-refractivity contribution < 1.29 is 14.2 Å². The van der Waals surface area contributed by atoms with Crippen LogP contribution in [0.5, 0.6) is 17.2 Å². The minimum Gasteiger partial charge on any atom is -0.493 e. The smallest absolute Gasteiger partial charge is 0.164 e. The van der Waals surface area contributed by atoms with Crippen LogP contribution >= 0.6 is 0 Å². The summed E-state index contributed by atoms with van der Waals surface area (Å²) in [6, 6.07) is 12.6. The van der Waals surface area contributed by atoms with E-state index < -0.39 is 0 Å². The van der Waals surface area contributed by atoms with E-state index in [2.05, 4.69) is 36.2 Å². The molecule has 0 spiro atoms. The summed E-state index contributed by atoms with van der Waals surface area (Å²) in [5.74, 6) is 2.31. The molecular formula is C20H25NO3. The third-order valence-electron chi connectivity index (χ3n) is 4.56. The molecule has 0 aliphatic carbocycles. The second-order valence-corrected chi connectivity index (χ2v) is 6.16. The minimum absolute atomic E-state index is 0.662. The van der Waals surface area contributed by atoms with Crippen molar-refractivity contribution >= 4 is 0 Å². The molecule has 1 aliphatic rings. The summed E-state index contributed by atoms with van der Waals surface area (Å²) in [6.45, 7) is 2.59. The molecule has 128 valence electrons. The largest absolute Gasteiger partial charge is 0.493 e. The highest BCUT2D eigenvalue weighted by Gasteiger charge is 2.16. The first kappa shape index (κ1) is 16.7. The third-order valence-corrected chi connectivity index (χ3v) is 4.56. The van der Waals surface area contributed by atoms with Gasteiger partial charge < -0.3 is 19.1 Å². The number of likely N-dealkylation sites (N-methyl/N-ethyl adjacent to an activating group) is 1. The summed E-state index contributed by atoms with van der Waals surface area (Å²) < 4.78 is 17.0. The SMILES string of the molecule is COc1cc2c(cc1OC)OCCN(C)CCc1ccccc1C2. The number of nitrogens with zero attached hydrogens (tertiary/aromatic N) is 1. The van der Waals surface area contributed by atoms with Gasteiger partial charge in [-0.2, -0.15) is 0 Å². The zero-order chi connectivity index (χ0) is 16.9. The van der Waals surface area contributed by atoms with Crippen LogP contribution < -0.4 is 14.2 Å². The zero-order valence-corrected chi connectivity index (χ0v) is 14.7. The van der Waals surface area contributed by atoms with Crippen LogP contribution in [0.2, 0.25) is 0 Å². The lowest BCUT2D eigenvalue weighted by Gasteiger charge is -2.17. The van der Waals surface area contributed by atoms with E-state index in [0.29, 0.717) is 12.4 Å². The molecule has 0 saturated carbocycles. The molecule has 0 aromatic heterocycles. The number of rotatable bonds is 2. The monoisotopic (exact) mass is 327 g/mol. The lowest BCUT2D eigenvalue weighted by molar-refractivity contribution is 0.237. The molecule has 4 nitrogen and oxygen atoms in total. The van der Waals surface area contributed by atoms with Crippen molar-refractivity contribution in [3.05, 3.63) is 53.1 Å². The van der Waals surface area contributed by atoms with Crippen LogP contribution in [0.1, 0.15) is 16.7 Å². The van der Waals surface area contributed by atoms with Gasteiger partial charge in [0.1, 0.15) is 12.4 Å². The number of fused-ring (bicyclic) bond motifs is 2. The van der Waals surface area contributed by atoms with Gasteiger partial charge >= 0.3 is 0 Å². The maximum atomic E-state index is 6.07. The molecule has 0 bridgehead atoms. The molecule has 0 N–H and O–H groups in total. The van der Waals surface area contributed by atoms with Gasteiger partial charge in [-0.25, -0.2) is 0 Å². The Bertz CT molecular complexity index is 699. The Morgan fingerprint density at radius 3 is 2.38 bits per heavy atom. The molecule has 2 aromatic carbocycles. The fourth-order valence-corrected chi connectivity index (χ4v) is 3.09. The second-order valence-electron chi connectivity index (χ2n) is 6.16. The standard InChI is InChI=1S/C20H25NO3/c1-21-9-8-15-6-4-5-7-16(15)12-17-13-19(22-2)20(23-3)14-18(17)24-11-10-21/h4-7,13-14H,8-12H2,1-3H3. The molecule has 24 heavy (non-hydrogen) atoms. The van der Waals surface area contributed by atoms with Crippen molar-refractivity contribution in [2.24, 2.45) is 0 Å². The van der Waals surface area contributed by atoms with E-state index in [1.54, 1.807) is 14.2 Å². The predicted molar refractivity (Wildman–Crippen MR) is 95.5 cm³/mol. The molecule has 0 amide bonds. The van der Waals surface area contributed by atoms with Gasteiger partial charge in [0, 0.05) is 31.1 Å². The lowest BCUT2D eigenvalue weighted by Crippen LogP contribution is -2.26. The van der Waals surface area contributed by atoms with Crippen molar-refractivity contribution in [1.82, 2.24) is 4.90 Å². The first-order chi connectivity index (χ1) is 11.7. The van der Waals surface area contributed by atoms with Gasteiger partial charge in [0.05, 0.1) is 14.2 Å². The van der Waals surface area contributed by atoms with Crippen molar-refractivity contribution in [1.29, 1.82) is 0 Å². The van der Waals surface area contributed by atoms with Crippen LogP contribution in [-0.4, -0.2) is 45.9 Å². The third kappa shape index (κ3) is 3.65. The van der Waals surface area contributed by atoms with Crippen molar-refractivity contribution in [2.45, 2.75) is 12.8 Å². The average Bonchev–Trinajstić information content (AvgIpc) is 2.63. The van der Waals surface area contributed by atoms with E-state index in [1.165, 1.54) is 11.1 Å². The van der Waals surface area contributed by atoms with Crippen molar-refractivity contribution in [3.8, 4) is 17.2 Å². The maximum Gasteiger partial charge on any atom is 0.164 e. The summed E-state index contributed by atoms with van der Waals surface area (Å²) >= 11 is 0. The first-order valence-corrected chi connectivity index (χ1v) is 8.34. The van der Waals surface area contributed by atoms with Crippen LogP contribution in [0.15, 0.2) is 36.4 Å². The summed E-state index contributed by atoms with van der Waals surface area (Å²) in [5, 5.41) is 0. The molecule has 1 aliphatic heterocycles. The van der Waals surface area contributed by atoms with E-state index >= 15 is 0 Å². The second kappa shape index (κ2) is 7.58. The zero-order valence-electron chi connectivity index (χ0n) is 14.7. The van der Waals surface area contributed by atoms with E-state index in [1.807, 2.05) is 12.1 Å². The van der Waals surface area contributed by atoms with Crippen LogP contribution in [0.25, 0.3) is 0 Å². The quantitative estimate of drug-likeness (QED) is 0.848. The number of hydrogen-bond acceptors (Lipinski definition) is 4. The van der Waals surface area contributed by atoms with Gasteiger partial charge in [-0.1, -0.05) is 24.3 Å². The van der Waals surface area contributed by atoms with Gasteiger partial charge in [-0.3, -0.25) is 0 Å². The normalized spacial score (nSPS) is 15.5. The van der Waals surface area contributed by atoms with Crippen LogP contribution in [0.4, 0.5) is 0 Å². The number of hydrogen-bond donors (Lipinski definition) is 0. The molecule has 0 radical (unpaired) electrons. The Labute approximate surface area is 144 Å². The average molecular weight is 327 g/mol. The Kier molecular flexibility index (Phi) is 5.26. The van der Waals surface area contributed by atoms with Gasteiger partial charge in [0.2, 0.25) is 0 Å². The van der Waals surface area contributed by atoms with E-state index in [0.717, 1.165) is 43.0 Å². The lowest BCUT2D eigenvalue weighted by atomic mass is 9.97. The minimum atomic E-state index is 0.662. The molecular weight excluding hydrogens is 302 g/mol. The van der Waals surface area contributed by atoms with E-state index in [9.17, 15) is 0 Å². The summed E-state index contributed by atoms with van der Waals surface area (Å²) in [7, 11) is 5.46. The molecule has 2 aromatic rings. The topological polar surface area (TPSA) is 30.9 Å². The Morgan fingerprint density at radius 1 is 0.917 bits per heavy atom. The fraction of sp³-hybridized carbons (Fsp3) is 0.400. The highest BCUT2D eigenvalue weighted by molar-refractivity contribution is 5.52. The Morgan fingerprint density at radius 2 is 1.62 bits per heavy atom. The van der Waals surface area contributed by atoms with Crippen molar-refractivity contribution in [3.63, 3.8) is 0 Å². The molecule has 3 rings (SSSR count). The van der Waals surface area contributed by atoms with Gasteiger partial charge in [-0.15, -0.1) is 0 Å². The molecule has 1 heterocycles. The van der Waals surface area contributed by atoms with E-state index in [-0.39, 0.29) is 0 Å². The molecule has 0 unspecified atom stereocenters. The number of ether oxygens (including phenoxy) is 3. The highest BCUT2D eigenvalue weighted by Crippen LogP contribution is 2.36. The predicted octanol–water partition coefficient (Wildman–Crippen LogP) is 3.16. The van der Waals surface area contributed by atoms with Crippen molar-refractivity contribution in [2.75, 3.05) is 41.0 Å². The Balaban J connectivity index is 2.04. The van der Waals surface area contributed by atoms with Crippen LogP contribution in [0.3, 0.4) is 0 Å². The summed E-state index contributed by atoms with van der Waals surface area (Å²) in [6.07, 6.45) is 1.88. The summed E-state index contributed by atoms with van der Waals surface area (Å²) in [5.41, 5.74) is 3.86. The molecule has 0 atom stereocenters. The van der Waals surface area contributed by atoms with E-state index in [4.69, 9.17) is 14.2 Å². The molecule has 0 fully saturated rings. The number of benzene rings is 2. The highest BCUT2D eigenvalue weighted by atomic mass is 16.5. The summed E-state index contributed by atoms with van der Waals surface area (Å²) in [4.78, 5) is 2.31. The number of methoxy groups -OCH3 is 2.